The van der Waals surface area contributed by atoms with Crippen LogP contribution in [0.2, 0.25) is 0 Å². The highest BCUT2D eigenvalue weighted by molar-refractivity contribution is 7.91. The molecule has 0 aromatic carbocycles. The molecule has 1 N–H and O–H groups in total. The zero-order valence-corrected chi connectivity index (χ0v) is 10.8. The summed E-state index contributed by atoms with van der Waals surface area (Å²) in [7, 11) is -0.870. The molecule has 15 heavy (non-hydrogen) atoms. The lowest BCUT2D eigenvalue weighted by Crippen LogP contribution is -2.35. The molecule has 0 aliphatic heterocycles. The molecule has 1 fully saturated rings. The van der Waals surface area contributed by atoms with Crippen LogP contribution in [0.3, 0.4) is 0 Å². The van der Waals surface area contributed by atoms with E-state index in [1.807, 2.05) is 7.05 Å². The second-order valence-corrected chi connectivity index (χ2v) is 7.54. The summed E-state index contributed by atoms with van der Waals surface area (Å²) in [4.78, 5) is 0. The Hall–Kier alpha value is -0.0900. The molecule has 1 aliphatic rings. The Kier molecular flexibility index (Phi) is 4.59. The van der Waals surface area contributed by atoms with Crippen molar-refractivity contribution in [3.63, 3.8) is 0 Å². The first-order valence-corrected chi connectivity index (χ1v) is 7.55. The summed E-state index contributed by atoms with van der Waals surface area (Å²) in [5.74, 6) is 1.71. The molecule has 0 saturated heterocycles. The van der Waals surface area contributed by atoms with Crippen molar-refractivity contribution in [2.75, 3.05) is 19.3 Å². The van der Waals surface area contributed by atoms with Gasteiger partial charge >= 0.3 is 0 Å². The van der Waals surface area contributed by atoms with Gasteiger partial charge < -0.3 is 5.32 Å². The molecule has 0 bridgehead atoms. The van der Waals surface area contributed by atoms with Crippen molar-refractivity contribution < 1.29 is 8.42 Å². The van der Waals surface area contributed by atoms with Gasteiger partial charge in [-0.3, -0.25) is 0 Å². The average molecular weight is 233 g/mol. The molecule has 1 saturated carbocycles. The Bertz CT molecular complexity index is 285. The zero-order valence-electron chi connectivity index (χ0n) is 9.99. The highest BCUT2D eigenvalue weighted by Gasteiger charge is 2.31. The van der Waals surface area contributed by atoms with Crippen LogP contribution >= 0.6 is 0 Å². The van der Waals surface area contributed by atoms with Crippen molar-refractivity contribution in [2.45, 2.75) is 38.4 Å². The van der Waals surface area contributed by atoms with Crippen LogP contribution in [0.15, 0.2) is 0 Å². The van der Waals surface area contributed by atoms with Crippen molar-refractivity contribution in [1.82, 2.24) is 5.32 Å². The fourth-order valence-electron chi connectivity index (χ4n) is 2.10. The van der Waals surface area contributed by atoms with Gasteiger partial charge in [0.2, 0.25) is 0 Å². The number of sulfone groups is 1. The quantitative estimate of drug-likeness (QED) is 0.755. The second-order valence-electron chi connectivity index (χ2n) is 4.86. The minimum absolute atomic E-state index is 0.222. The molecule has 0 aromatic rings. The van der Waals surface area contributed by atoms with E-state index >= 15 is 0 Å². The highest BCUT2D eigenvalue weighted by atomic mass is 32.2. The Morgan fingerprint density at radius 3 is 2.27 bits per heavy atom. The van der Waals surface area contributed by atoms with E-state index in [-0.39, 0.29) is 5.25 Å². The topological polar surface area (TPSA) is 46.2 Å². The van der Waals surface area contributed by atoms with Gasteiger partial charge in [-0.1, -0.05) is 0 Å². The van der Waals surface area contributed by atoms with E-state index in [9.17, 15) is 8.42 Å². The first-order chi connectivity index (χ1) is 6.97. The summed E-state index contributed by atoms with van der Waals surface area (Å²) >= 11 is 0. The lowest BCUT2D eigenvalue weighted by atomic mass is 9.72. The normalized spacial score (nSPS) is 26.7. The number of nitrogens with one attached hydrogen (secondary N) is 1. The van der Waals surface area contributed by atoms with Gasteiger partial charge in [0.05, 0.1) is 11.0 Å². The lowest BCUT2D eigenvalue weighted by Gasteiger charge is -2.36. The average Bonchev–Trinajstić information content (AvgIpc) is 2.12. The maximum Gasteiger partial charge on any atom is 0.152 e. The molecule has 0 radical (unpaired) electrons. The van der Waals surface area contributed by atoms with Crippen LogP contribution in [-0.2, 0) is 9.84 Å². The molecule has 90 valence electrons. The van der Waals surface area contributed by atoms with E-state index in [4.69, 9.17) is 0 Å². The van der Waals surface area contributed by atoms with Gasteiger partial charge in [-0.2, -0.15) is 0 Å². The van der Waals surface area contributed by atoms with Gasteiger partial charge in [-0.25, -0.2) is 8.42 Å². The number of hydrogen-bond donors (Lipinski definition) is 1. The maximum absolute atomic E-state index is 11.6. The van der Waals surface area contributed by atoms with Gasteiger partial charge in [-0.15, -0.1) is 0 Å². The van der Waals surface area contributed by atoms with E-state index in [1.54, 1.807) is 13.8 Å². The van der Waals surface area contributed by atoms with E-state index < -0.39 is 9.84 Å². The molecule has 2 atom stereocenters. The van der Waals surface area contributed by atoms with Crippen LogP contribution in [0, 0.1) is 11.8 Å². The molecule has 0 aromatic heterocycles. The van der Waals surface area contributed by atoms with E-state index in [0.29, 0.717) is 17.6 Å². The monoisotopic (exact) mass is 233 g/mol. The molecule has 1 rings (SSSR count). The summed E-state index contributed by atoms with van der Waals surface area (Å²) in [6, 6.07) is 0. The summed E-state index contributed by atoms with van der Waals surface area (Å²) in [5, 5.41) is 2.95. The fraction of sp³-hybridized carbons (Fsp3) is 1.00. The standard InChI is InChI=1S/C11H23NO2S/c1-9(2)15(13,14)7-6-10-4-5-11(10)8-12-3/h9-12H,4-8H2,1-3H3. The summed E-state index contributed by atoms with van der Waals surface area (Å²) in [6.45, 7) is 4.56. The largest absolute Gasteiger partial charge is 0.319 e. The Balaban J connectivity index is 2.32. The minimum atomic E-state index is -2.83. The predicted octanol–water partition coefficient (Wildman–Crippen LogP) is 1.45. The Labute approximate surface area is 93.6 Å². The van der Waals surface area contributed by atoms with Gasteiger partial charge in [0, 0.05) is 0 Å². The smallest absolute Gasteiger partial charge is 0.152 e. The molecule has 3 nitrogen and oxygen atoms in total. The van der Waals surface area contributed by atoms with Crippen molar-refractivity contribution in [3.8, 4) is 0 Å². The second kappa shape index (κ2) is 5.30. The number of hydrogen-bond acceptors (Lipinski definition) is 3. The van der Waals surface area contributed by atoms with Crippen LogP contribution in [0.4, 0.5) is 0 Å². The maximum atomic E-state index is 11.6. The van der Waals surface area contributed by atoms with Gasteiger partial charge in [0.25, 0.3) is 0 Å². The summed E-state index contributed by atoms with van der Waals surface area (Å²) in [5.41, 5.74) is 0. The summed E-state index contributed by atoms with van der Waals surface area (Å²) < 4.78 is 23.2. The van der Waals surface area contributed by atoms with Crippen molar-refractivity contribution in [2.24, 2.45) is 11.8 Å². The fourth-order valence-corrected chi connectivity index (χ4v) is 3.20. The van der Waals surface area contributed by atoms with E-state index in [0.717, 1.165) is 13.0 Å². The third-order valence-corrected chi connectivity index (χ3v) is 5.77. The minimum Gasteiger partial charge on any atom is -0.319 e. The first kappa shape index (κ1) is 13.0. The van der Waals surface area contributed by atoms with Crippen molar-refractivity contribution in [1.29, 1.82) is 0 Å². The van der Waals surface area contributed by atoms with Crippen LogP contribution < -0.4 is 5.32 Å². The first-order valence-electron chi connectivity index (χ1n) is 5.83. The highest BCUT2D eigenvalue weighted by Crippen LogP contribution is 2.36. The van der Waals surface area contributed by atoms with Crippen molar-refractivity contribution in [3.05, 3.63) is 0 Å². The molecule has 4 heteroatoms. The molecule has 0 heterocycles. The molecule has 1 aliphatic carbocycles. The number of rotatable bonds is 6. The van der Waals surface area contributed by atoms with Gasteiger partial charge in [-0.05, 0) is 58.5 Å². The summed E-state index contributed by atoms with van der Waals surface area (Å²) in [6.07, 6.45) is 3.32. The predicted molar refractivity (Wildman–Crippen MR) is 63.7 cm³/mol. The van der Waals surface area contributed by atoms with Crippen molar-refractivity contribution >= 4 is 9.84 Å². The molecule has 0 spiro atoms. The van der Waals surface area contributed by atoms with Gasteiger partial charge in [0.15, 0.2) is 9.84 Å². The lowest BCUT2D eigenvalue weighted by molar-refractivity contribution is 0.170. The Morgan fingerprint density at radius 2 is 1.87 bits per heavy atom. The molecular weight excluding hydrogens is 210 g/mol. The molecular formula is C11H23NO2S. The van der Waals surface area contributed by atoms with Crippen LogP contribution in [0.1, 0.15) is 33.1 Å². The van der Waals surface area contributed by atoms with Crippen LogP contribution in [0.5, 0.6) is 0 Å². The van der Waals surface area contributed by atoms with Crippen LogP contribution in [-0.4, -0.2) is 33.0 Å². The third kappa shape index (κ3) is 3.45. The molecule has 2 unspecified atom stereocenters. The van der Waals surface area contributed by atoms with Gasteiger partial charge in [0.1, 0.15) is 0 Å². The van der Waals surface area contributed by atoms with Crippen LogP contribution in [0.25, 0.3) is 0 Å². The van der Waals surface area contributed by atoms with E-state index in [2.05, 4.69) is 5.32 Å². The molecule has 0 amide bonds. The zero-order chi connectivity index (χ0) is 11.5. The SMILES string of the molecule is CNCC1CCC1CCS(=O)(=O)C(C)C. The third-order valence-electron chi connectivity index (χ3n) is 3.53. The van der Waals surface area contributed by atoms with E-state index in [1.165, 1.54) is 12.8 Å². The Morgan fingerprint density at radius 1 is 1.27 bits per heavy atom.